The summed E-state index contributed by atoms with van der Waals surface area (Å²) in [6, 6.07) is 12.6. The van der Waals surface area contributed by atoms with Gasteiger partial charge in [-0.25, -0.2) is 4.39 Å². The maximum Gasteiger partial charge on any atom is 0.339 e. The minimum Gasteiger partial charge on any atom is -0.493 e. The van der Waals surface area contributed by atoms with E-state index in [4.69, 9.17) is 13.3 Å². The van der Waals surface area contributed by atoms with Gasteiger partial charge in [-0.05, 0) is 60.5 Å². The van der Waals surface area contributed by atoms with Crippen molar-refractivity contribution in [1.82, 2.24) is 4.90 Å². The van der Waals surface area contributed by atoms with Crippen LogP contribution in [0.1, 0.15) is 31.1 Å². The normalized spacial score (nSPS) is 11.2. The summed E-state index contributed by atoms with van der Waals surface area (Å²) in [4.78, 5) is 14.1. The van der Waals surface area contributed by atoms with Gasteiger partial charge in [0.05, 0.1) is 19.9 Å². The molecule has 0 fully saturated rings. The van der Waals surface area contributed by atoms with Gasteiger partial charge < -0.3 is 18.2 Å². The second-order valence-electron chi connectivity index (χ2n) is 7.06. The lowest BCUT2D eigenvalue weighted by molar-refractivity contribution is -0.132. The largest absolute Gasteiger partial charge is 0.493 e. The number of carbonyl (C=O) groups is 1. The van der Waals surface area contributed by atoms with Gasteiger partial charge in [-0.1, -0.05) is 13.0 Å². The van der Waals surface area contributed by atoms with Crippen LogP contribution in [0.3, 0.4) is 0 Å². The summed E-state index contributed by atoms with van der Waals surface area (Å²) in [6.07, 6.45) is 2.61. The van der Waals surface area contributed by atoms with Crippen LogP contribution in [0.15, 0.2) is 70.2 Å². The van der Waals surface area contributed by atoms with Gasteiger partial charge in [0.25, 0.3) is 0 Å². The van der Waals surface area contributed by atoms with Gasteiger partial charge in [-0.2, -0.15) is 8.42 Å². The highest BCUT2D eigenvalue weighted by Crippen LogP contribution is 2.31. The van der Waals surface area contributed by atoms with Crippen LogP contribution in [-0.2, 0) is 28.0 Å². The molecule has 3 rings (SSSR count). The molecule has 9 heteroatoms. The van der Waals surface area contributed by atoms with E-state index in [9.17, 15) is 17.6 Å². The Hall–Kier alpha value is -3.33. The van der Waals surface area contributed by atoms with Crippen LogP contribution in [0.2, 0.25) is 0 Å². The van der Waals surface area contributed by atoms with Crippen LogP contribution >= 0.6 is 0 Å². The summed E-state index contributed by atoms with van der Waals surface area (Å²) < 4.78 is 54.3. The molecule has 2 aromatic carbocycles. The number of halogens is 1. The van der Waals surface area contributed by atoms with Crippen molar-refractivity contribution in [2.75, 3.05) is 7.11 Å². The molecular weight excluding hydrogens is 437 g/mol. The van der Waals surface area contributed by atoms with Crippen LogP contribution in [0.25, 0.3) is 0 Å². The van der Waals surface area contributed by atoms with E-state index in [0.717, 1.165) is 24.3 Å². The standard InChI is InChI=1S/C23H24FNO6S/c1-3-5-23(26)25(16-19-6-4-13-30-19)15-17-7-12-21(29-2)22(14-17)31-32(27,28)20-10-8-18(24)9-11-20/h4,6-14H,3,5,15-16H2,1-2H3. The Bertz CT molecular complexity index is 1140. The number of rotatable bonds is 10. The zero-order valence-corrected chi connectivity index (χ0v) is 18.6. The Kier molecular flexibility index (Phi) is 7.53. The van der Waals surface area contributed by atoms with E-state index in [1.807, 2.05) is 6.92 Å². The number of nitrogens with zero attached hydrogens (tertiary/aromatic N) is 1. The fraction of sp³-hybridized carbons (Fsp3) is 0.261. The average Bonchev–Trinajstić information content (AvgIpc) is 3.27. The summed E-state index contributed by atoms with van der Waals surface area (Å²) in [6.45, 7) is 2.42. The molecule has 0 aliphatic rings. The molecule has 1 amide bonds. The first-order chi connectivity index (χ1) is 15.3. The first-order valence-electron chi connectivity index (χ1n) is 9.99. The van der Waals surface area contributed by atoms with Crippen molar-refractivity contribution in [2.24, 2.45) is 0 Å². The third-order valence-electron chi connectivity index (χ3n) is 4.65. The highest BCUT2D eigenvalue weighted by molar-refractivity contribution is 7.87. The van der Waals surface area contributed by atoms with Crippen molar-refractivity contribution in [3.63, 3.8) is 0 Å². The van der Waals surface area contributed by atoms with Crippen molar-refractivity contribution < 1.29 is 30.9 Å². The van der Waals surface area contributed by atoms with E-state index in [2.05, 4.69) is 0 Å². The lowest BCUT2D eigenvalue weighted by atomic mass is 10.1. The average molecular weight is 462 g/mol. The second-order valence-corrected chi connectivity index (χ2v) is 8.60. The number of methoxy groups -OCH3 is 1. The molecule has 0 aliphatic carbocycles. The van der Waals surface area contributed by atoms with E-state index in [1.54, 1.807) is 29.2 Å². The number of ether oxygens (including phenoxy) is 1. The van der Waals surface area contributed by atoms with Gasteiger partial charge in [0.1, 0.15) is 16.5 Å². The summed E-state index contributed by atoms with van der Waals surface area (Å²) in [5.41, 5.74) is 0.645. The van der Waals surface area contributed by atoms with Gasteiger partial charge in [0, 0.05) is 13.0 Å². The van der Waals surface area contributed by atoms with Crippen molar-refractivity contribution in [1.29, 1.82) is 0 Å². The summed E-state index contributed by atoms with van der Waals surface area (Å²) in [5.74, 6) is 0.198. The maximum absolute atomic E-state index is 13.2. The third kappa shape index (κ3) is 5.88. The highest BCUT2D eigenvalue weighted by Gasteiger charge is 2.21. The third-order valence-corrected chi connectivity index (χ3v) is 5.90. The maximum atomic E-state index is 13.2. The molecule has 170 valence electrons. The van der Waals surface area contributed by atoms with Crippen molar-refractivity contribution in [2.45, 2.75) is 37.8 Å². The minimum atomic E-state index is -4.22. The van der Waals surface area contributed by atoms with E-state index >= 15 is 0 Å². The van der Waals surface area contributed by atoms with Gasteiger partial charge in [0.2, 0.25) is 5.91 Å². The zero-order chi connectivity index (χ0) is 23.1. The molecule has 1 heterocycles. The summed E-state index contributed by atoms with van der Waals surface area (Å²) in [5, 5.41) is 0. The molecule has 0 radical (unpaired) electrons. The monoisotopic (exact) mass is 461 g/mol. The van der Waals surface area contributed by atoms with Gasteiger partial charge >= 0.3 is 10.1 Å². The number of amides is 1. The predicted octanol–water partition coefficient (Wildman–Crippen LogP) is 4.52. The molecule has 0 atom stereocenters. The minimum absolute atomic E-state index is 0.0322. The van der Waals surface area contributed by atoms with Gasteiger partial charge in [-0.15, -0.1) is 0 Å². The van der Waals surface area contributed by atoms with Gasteiger partial charge in [0.15, 0.2) is 11.5 Å². The van der Waals surface area contributed by atoms with E-state index in [-0.39, 0.29) is 35.4 Å². The summed E-state index contributed by atoms with van der Waals surface area (Å²) in [7, 11) is -2.83. The molecule has 7 nitrogen and oxygen atoms in total. The molecule has 0 bridgehead atoms. The molecule has 0 saturated carbocycles. The Morgan fingerprint density at radius 3 is 2.44 bits per heavy atom. The van der Waals surface area contributed by atoms with E-state index in [1.165, 1.54) is 19.4 Å². The lowest BCUT2D eigenvalue weighted by Gasteiger charge is -2.22. The van der Waals surface area contributed by atoms with Crippen LogP contribution in [0.4, 0.5) is 4.39 Å². The van der Waals surface area contributed by atoms with Crippen LogP contribution in [0, 0.1) is 5.82 Å². The molecular formula is C23H24FNO6S. The number of furan rings is 1. The second kappa shape index (κ2) is 10.3. The summed E-state index contributed by atoms with van der Waals surface area (Å²) >= 11 is 0. The van der Waals surface area contributed by atoms with E-state index in [0.29, 0.717) is 24.2 Å². The first-order valence-corrected chi connectivity index (χ1v) is 11.4. The SMILES string of the molecule is CCCC(=O)N(Cc1ccc(OC)c(OS(=O)(=O)c2ccc(F)cc2)c1)Cc1ccco1. The molecule has 32 heavy (non-hydrogen) atoms. The van der Waals surface area contributed by atoms with Crippen molar-refractivity contribution >= 4 is 16.0 Å². The molecule has 0 saturated heterocycles. The Balaban J connectivity index is 1.86. The van der Waals surface area contributed by atoms with E-state index < -0.39 is 15.9 Å². The molecule has 1 aromatic heterocycles. The molecule has 0 aliphatic heterocycles. The lowest BCUT2D eigenvalue weighted by Crippen LogP contribution is -2.29. The van der Waals surface area contributed by atoms with Crippen LogP contribution in [0.5, 0.6) is 11.5 Å². The Morgan fingerprint density at radius 1 is 1.06 bits per heavy atom. The fourth-order valence-corrected chi connectivity index (χ4v) is 4.00. The van der Waals surface area contributed by atoms with Gasteiger partial charge in [-0.3, -0.25) is 4.79 Å². The number of hydrogen-bond acceptors (Lipinski definition) is 6. The number of benzene rings is 2. The quantitative estimate of drug-likeness (QED) is 0.413. The molecule has 0 spiro atoms. The number of carbonyl (C=O) groups excluding carboxylic acids is 1. The highest BCUT2D eigenvalue weighted by atomic mass is 32.2. The van der Waals surface area contributed by atoms with Crippen molar-refractivity contribution in [3.8, 4) is 11.5 Å². The fourth-order valence-electron chi connectivity index (χ4n) is 3.07. The van der Waals surface area contributed by atoms with Crippen molar-refractivity contribution in [3.05, 3.63) is 78.0 Å². The molecule has 3 aromatic rings. The Labute approximate surface area is 186 Å². The topological polar surface area (TPSA) is 86.0 Å². The number of hydrogen-bond donors (Lipinski definition) is 0. The Morgan fingerprint density at radius 2 is 1.81 bits per heavy atom. The smallest absolute Gasteiger partial charge is 0.339 e. The molecule has 0 unspecified atom stereocenters. The zero-order valence-electron chi connectivity index (χ0n) is 17.8. The van der Waals surface area contributed by atoms with Crippen LogP contribution in [-0.4, -0.2) is 26.3 Å². The van der Waals surface area contributed by atoms with Crippen LogP contribution < -0.4 is 8.92 Å². The predicted molar refractivity (Wildman–Crippen MR) is 115 cm³/mol. The molecule has 0 N–H and O–H groups in total. The first kappa shape index (κ1) is 23.3.